The molecule has 2 aromatic heterocycles. The third-order valence-electron chi connectivity index (χ3n) is 2.28. The van der Waals surface area contributed by atoms with Crippen LogP contribution in [0, 0.1) is 0 Å². The van der Waals surface area contributed by atoms with E-state index in [9.17, 15) is 0 Å². The van der Waals surface area contributed by atoms with Crippen LogP contribution in [0.15, 0.2) is 36.9 Å². The Labute approximate surface area is 94.6 Å². The molecule has 16 heavy (non-hydrogen) atoms. The molecule has 2 aromatic rings. The van der Waals surface area contributed by atoms with Crippen molar-refractivity contribution >= 4 is 0 Å². The van der Waals surface area contributed by atoms with Crippen molar-refractivity contribution in [2.24, 2.45) is 5.73 Å². The van der Waals surface area contributed by atoms with Gasteiger partial charge in [0.2, 0.25) is 0 Å². The van der Waals surface area contributed by atoms with Crippen LogP contribution in [0.1, 0.15) is 17.0 Å². The summed E-state index contributed by atoms with van der Waals surface area (Å²) >= 11 is 0. The fraction of sp³-hybridized carbons (Fsp3) is 0.250. The molecule has 4 nitrogen and oxygen atoms in total. The second-order valence-corrected chi connectivity index (χ2v) is 3.58. The third-order valence-corrected chi connectivity index (χ3v) is 2.28. The molecule has 0 aliphatic rings. The fourth-order valence-electron chi connectivity index (χ4n) is 1.45. The van der Waals surface area contributed by atoms with E-state index in [4.69, 9.17) is 5.73 Å². The summed E-state index contributed by atoms with van der Waals surface area (Å²) in [5, 5.41) is 0. The summed E-state index contributed by atoms with van der Waals surface area (Å²) in [5.74, 6) is 0.814. The number of rotatable bonds is 4. The van der Waals surface area contributed by atoms with Crippen molar-refractivity contribution in [1.82, 2.24) is 15.0 Å². The number of nitrogens with zero attached hydrogens (tertiary/aromatic N) is 3. The molecular weight excluding hydrogens is 200 g/mol. The minimum Gasteiger partial charge on any atom is -0.330 e. The topological polar surface area (TPSA) is 64.7 Å². The van der Waals surface area contributed by atoms with E-state index in [1.807, 2.05) is 30.7 Å². The second kappa shape index (κ2) is 5.32. The minimum absolute atomic E-state index is 0.630. The van der Waals surface area contributed by atoms with E-state index in [-0.39, 0.29) is 0 Å². The molecule has 0 radical (unpaired) electrons. The van der Waals surface area contributed by atoms with Crippen LogP contribution >= 0.6 is 0 Å². The van der Waals surface area contributed by atoms with Gasteiger partial charge in [0.05, 0.1) is 0 Å². The molecule has 2 heterocycles. The molecule has 0 aromatic carbocycles. The summed E-state index contributed by atoms with van der Waals surface area (Å²) in [7, 11) is 0. The summed E-state index contributed by atoms with van der Waals surface area (Å²) < 4.78 is 0. The zero-order chi connectivity index (χ0) is 11.2. The van der Waals surface area contributed by atoms with E-state index in [2.05, 4.69) is 15.0 Å². The average molecular weight is 214 g/mol. The number of hydrogen-bond donors (Lipinski definition) is 1. The molecule has 4 heteroatoms. The van der Waals surface area contributed by atoms with Crippen LogP contribution in [0.4, 0.5) is 0 Å². The van der Waals surface area contributed by atoms with Crippen LogP contribution < -0.4 is 5.73 Å². The summed E-state index contributed by atoms with van der Waals surface area (Å²) in [6.07, 6.45) is 8.81. The quantitative estimate of drug-likeness (QED) is 0.823. The van der Waals surface area contributed by atoms with Crippen LogP contribution in [0.3, 0.4) is 0 Å². The molecule has 0 bridgehead atoms. The maximum absolute atomic E-state index is 5.46. The molecule has 2 N–H and O–H groups in total. The lowest BCUT2D eigenvalue weighted by Crippen LogP contribution is -2.05. The first-order chi connectivity index (χ1) is 7.88. The SMILES string of the molecule is NCCc1cnc(Cc2cccnc2)nc1. The first kappa shape index (κ1) is 10.7. The minimum atomic E-state index is 0.630. The standard InChI is InChI=1S/C12H14N4/c13-4-3-11-8-15-12(16-9-11)6-10-2-1-5-14-7-10/h1-2,5,7-9H,3-4,6,13H2. The number of pyridine rings is 1. The molecule has 0 aliphatic carbocycles. The smallest absolute Gasteiger partial charge is 0.132 e. The Bertz CT molecular complexity index is 425. The largest absolute Gasteiger partial charge is 0.330 e. The van der Waals surface area contributed by atoms with E-state index >= 15 is 0 Å². The molecule has 2 rings (SSSR count). The lowest BCUT2D eigenvalue weighted by atomic mass is 10.2. The number of hydrogen-bond acceptors (Lipinski definition) is 4. The van der Waals surface area contributed by atoms with E-state index in [1.54, 1.807) is 6.20 Å². The van der Waals surface area contributed by atoms with Gasteiger partial charge in [-0.05, 0) is 30.2 Å². The summed E-state index contributed by atoms with van der Waals surface area (Å²) in [5.41, 5.74) is 7.66. The molecule has 0 aliphatic heterocycles. The summed E-state index contributed by atoms with van der Waals surface area (Å²) in [6.45, 7) is 0.630. The Morgan fingerprint density at radius 3 is 2.50 bits per heavy atom. The monoisotopic (exact) mass is 214 g/mol. The molecule has 0 unspecified atom stereocenters. The van der Waals surface area contributed by atoms with Crippen LogP contribution in [-0.4, -0.2) is 21.5 Å². The highest BCUT2D eigenvalue weighted by Crippen LogP contribution is 2.04. The van der Waals surface area contributed by atoms with E-state index in [0.29, 0.717) is 6.54 Å². The maximum atomic E-state index is 5.46. The van der Waals surface area contributed by atoms with Gasteiger partial charge in [0.15, 0.2) is 0 Å². The zero-order valence-electron chi connectivity index (χ0n) is 9.00. The Balaban J connectivity index is 2.05. The van der Waals surface area contributed by atoms with Gasteiger partial charge in [0.25, 0.3) is 0 Å². The summed E-state index contributed by atoms with van der Waals surface area (Å²) in [6, 6.07) is 3.93. The number of aromatic nitrogens is 3. The zero-order valence-corrected chi connectivity index (χ0v) is 9.00. The highest BCUT2D eigenvalue weighted by molar-refractivity contribution is 5.15. The predicted molar refractivity (Wildman–Crippen MR) is 61.8 cm³/mol. The van der Waals surface area contributed by atoms with Gasteiger partial charge >= 0.3 is 0 Å². The molecule has 0 saturated carbocycles. The van der Waals surface area contributed by atoms with Gasteiger partial charge in [-0.15, -0.1) is 0 Å². The van der Waals surface area contributed by atoms with Gasteiger partial charge in [0.1, 0.15) is 5.82 Å². The van der Waals surface area contributed by atoms with Gasteiger partial charge < -0.3 is 5.73 Å². The molecule has 0 spiro atoms. The van der Waals surface area contributed by atoms with Crippen molar-refractivity contribution in [3.05, 3.63) is 53.9 Å². The Kier molecular flexibility index (Phi) is 3.56. The second-order valence-electron chi connectivity index (χ2n) is 3.58. The molecule has 0 fully saturated rings. The van der Waals surface area contributed by atoms with Crippen molar-refractivity contribution in [3.8, 4) is 0 Å². The first-order valence-corrected chi connectivity index (χ1v) is 5.27. The summed E-state index contributed by atoms with van der Waals surface area (Å²) in [4.78, 5) is 12.7. The van der Waals surface area contributed by atoms with Crippen molar-refractivity contribution in [1.29, 1.82) is 0 Å². The lowest BCUT2D eigenvalue weighted by molar-refractivity contribution is 0.899. The van der Waals surface area contributed by atoms with Gasteiger partial charge in [-0.25, -0.2) is 9.97 Å². The third kappa shape index (κ3) is 2.84. The van der Waals surface area contributed by atoms with Gasteiger partial charge in [-0.2, -0.15) is 0 Å². The maximum Gasteiger partial charge on any atom is 0.132 e. The number of nitrogens with two attached hydrogens (primary N) is 1. The predicted octanol–water partition coefficient (Wildman–Crippen LogP) is 0.964. The highest BCUT2D eigenvalue weighted by Gasteiger charge is 1.99. The van der Waals surface area contributed by atoms with Crippen LogP contribution in [0.25, 0.3) is 0 Å². The Morgan fingerprint density at radius 2 is 1.88 bits per heavy atom. The van der Waals surface area contributed by atoms with E-state index < -0.39 is 0 Å². The average Bonchev–Trinajstić information content (AvgIpc) is 2.33. The van der Waals surface area contributed by atoms with Crippen LogP contribution in [0.5, 0.6) is 0 Å². The van der Waals surface area contributed by atoms with Gasteiger partial charge in [-0.3, -0.25) is 4.98 Å². The van der Waals surface area contributed by atoms with E-state index in [1.165, 1.54) is 0 Å². The first-order valence-electron chi connectivity index (χ1n) is 5.27. The van der Waals surface area contributed by atoms with E-state index in [0.717, 1.165) is 29.8 Å². The highest BCUT2D eigenvalue weighted by atomic mass is 14.9. The van der Waals surface area contributed by atoms with Crippen molar-refractivity contribution in [2.75, 3.05) is 6.54 Å². The fourth-order valence-corrected chi connectivity index (χ4v) is 1.45. The van der Waals surface area contributed by atoms with Gasteiger partial charge in [-0.1, -0.05) is 6.07 Å². The van der Waals surface area contributed by atoms with Crippen molar-refractivity contribution in [2.45, 2.75) is 12.8 Å². The molecule has 0 atom stereocenters. The lowest BCUT2D eigenvalue weighted by Gasteiger charge is -2.01. The van der Waals surface area contributed by atoms with Crippen LogP contribution in [-0.2, 0) is 12.8 Å². The molecular formula is C12H14N4. The van der Waals surface area contributed by atoms with Gasteiger partial charge in [0, 0.05) is 31.2 Å². The normalized spacial score (nSPS) is 10.3. The van der Waals surface area contributed by atoms with Crippen LogP contribution in [0.2, 0.25) is 0 Å². The van der Waals surface area contributed by atoms with Crippen molar-refractivity contribution in [3.63, 3.8) is 0 Å². The molecule has 82 valence electrons. The molecule has 0 amide bonds. The van der Waals surface area contributed by atoms with Crippen molar-refractivity contribution < 1.29 is 0 Å². The molecule has 0 saturated heterocycles. The Hall–Kier alpha value is -1.81. The Morgan fingerprint density at radius 1 is 1.06 bits per heavy atom.